The Kier molecular flexibility index (Phi) is 3.48. The number of hydrogen-bond acceptors (Lipinski definition) is 6. The number of rotatable bonds is 3. The molecule has 1 aromatic heterocycles. The minimum absolute atomic E-state index is 0.0269. The summed E-state index contributed by atoms with van der Waals surface area (Å²) in [6.07, 6.45) is 2.91. The van der Waals surface area contributed by atoms with Crippen molar-refractivity contribution in [2.75, 3.05) is 13.2 Å². The molecule has 0 radical (unpaired) electrons. The van der Waals surface area contributed by atoms with Gasteiger partial charge in [-0.1, -0.05) is 5.16 Å². The zero-order chi connectivity index (χ0) is 13.2. The molecule has 3 rings (SSSR count). The maximum atomic E-state index is 12.0. The Balaban J connectivity index is 1.63. The molecule has 104 valence electrons. The Hall–Kier alpha value is -1.47. The van der Waals surface area contributed by atoms with Crippen LogP contribution in [0.15, 0.2) is 4.52 Å². The van der Waals surface area contributed by atoms with E-state index < -0.39 is 0 Å². The molecule has 1 amide bonds. The fourth-order valence-electron chi connectivity index (χ4n) is 2.52. The lowest BCUT2D eigenvalue weighted by atomic mass is 10.1. The maximum absolute atomic E-state index is 12.0. The van der Waals surface area contributed by atoms with Crippen molar-refractivity contribution < 1.29 is 14.1 Å². The Labute approximate surface area is 111 Å². The van der Waals surface area contributed by atoms with Crippen LogP contribution in [-0.2, 0) is 4.74 Å². The average Bonchev–Trinajstić information content (AvgIpc) is 3.09. The Morgan fingerprint density at radius 1 is 1.47 bits per heavy atom. The molecule has 0 saturated carbocycles. The molecule has 2 N–H and O–H groups in total. The third-order valence-corrected chi connectivity index (χ3v) is 3.70. The molecular formula is C12H18N4O3. The molecule has 7 heteroatoms. The zero-order valence-corrected chi connectivity index (χ0v) is 10.9. The van der Waals surface area contributed by atoms with E-state index in [0.29, 0.717) is 12.5 Å². The molecule has 2 saturated heterocycles. The number of nitrogens with zero attached hydrogens (tertiary/aromatic N) is 2. The van der Waals surface area contributed by atoms with E-state index in [0.717, 1.165) is 25.8 Å². The lowest BCUT2D eigenvalue weighted by Crippen LogP contribution is -2.39. The van der Waals surface area contributed by atoms with E-state index in [4.69, 9.17) is 9.26 Å². The smallest absolute Gasteiger partial charge is 0.293 e. The van der Waals surface area contributed by atoms with Crippen LogP contribution in [0.4, 0.5) is 0 Å². The van der Waals surface area contributed by atoms with Gasteiger partial charge in [0.2, 0.25) is 5.89 Å². The van der Waals surface area contributed by atoms with Crippen LogP contribution in [0.3, 0.4) is 0 Å². The van der Waals surface area contributed by atoms with Crippen molar-refractivity contribution in [1.82, 2.24) is 20.8 Å². The molecule has 2 fully saturated rings. The largest absolute Gasteiger partial charge is 0.376 e. The number of hydrogen-bond donors (Lipinski definition) is 2. The van der Waals surface area contributed by atoms with Gasteiger partial charge in [-0.15, -0.1) is 0 Å². The average molecular weight is 266 g/mol. The molecule has 0 aliphatic carbocycles. The first kappa shape index (κ1) is 12.6. The summed E-state index contributed by atoms with van der Waals surface area (Å²) in [5.41, 5.74) is 0. The van der Waals surface area contributed by atoms with Gasteiger partial charge in [0.25, 0.3) is 11.7 Å². The van der Waals surface area contributed by atoms with Crippen molar-refractivity contribution in [2.45, 2.75) is 44.4 Å². The van der Waals surface area contributed by atoms with Gasteiger partial charge in [0.05, 0.1) is 18.2 Å². The number of aromatic nitrogens is 2. The fourth-order valence-corrected chi connectivity index (χ4v) is 2.52. The number of carbonyl (C=O) groups excluding carboxylic acids is 1. The summed E-state index contributed by atoms with van der Waals surface area (Å²) in [6, 6.07) is 0.113. The maximum Gasteiger partial charge on any atom is 0.293 e. The second kappa shape index (κ2) is 5.26. The van der Waals surface area contributed by atoms with E-state index in [-0.39, 0.29) is 29.9 Å². The van der Waals surface area contributed by atoms with Crippen LogP contribution in [0.2, 0.25) is 0 Å². The SMILES string of the molecule is CC1OCCC1NC(=O)c1noc(C2CCCN2)n1. The summed E-state index contributed by atoms with van der Waals surface area (Å²) in [7, 11) is 0. The van der Waals surface area contributed by atoms with E-state index in [2.05, 4.69) is 20.8 Å². The zero-order valence-electron chi connectivity index (χ0n) is 10.9. The van der Waals surface area contributed by atoms with E-state index in [1.165, 1.54) is 0 Å². The highest BCUT2D eigenvalue weighted by Gasteiger charge is 2.29. The number of amides is 1. The van der Waals surface area contributed by atoms with Crippen molar-refractivity contribution in [1.29, 1.82) is 0 Å². The highest BCUT2D eigenvalue weighted by atomic mass is 16.5. The minimum atomic E-state index is -0.296. The van der Waals surface area contributed by atoms with Gasteiger partial charge in [0, 0.05) is 6.61 Å². The Bertz CT molecular complexity index is 456. The minimum Gasteiger partial charge on any atom is -0.376 e. The quantitative estimate of drug-likeness (QED) is 0.823. The van der Waals surface area contributed by atoms with Gasteiger partial charge in [0.1, 0.15) is 0 Å². The van der Waals surface area contributed by atoms with Gasteiger partial charge in [-0.05, 0) is 32.7 Å². The Morgan fingerprint density at radius 3 is 3.05 bits per heavy atom. The molecule has 3 atom stereocenters. The topological polar surface area (TPSA) is 89.3 Å². The van der Waals surface area contributed by atoms with Crippen LogP contribution in [-0.4, -0.2) is 41.3 Å². The number of ether oxygens (including phenoxy) is 1. The molecule has 0 spiro atoms. The van der Waals surface area contributed by atoms with E-state index in [1.807, 2.05) is 6.92 Å². The Morgan fingerprint density at radius 2 is 2.37 bits per heavy atom. The molecule has 1 aromatic rings. The first-order chi connectivity index (χ1) is 9.24. The predicted octanol–water partition coefficient (Wildman–Crippen LogP) is 0.401. The van der Waals surface area contributed by atoms with Crippen LogP contribution in [0.5, 0.6) is 0 Å². The second-order valence-corrected chi connectivity index (χ2v) is 5.05. The van der Waals surface area contributed by atoms with Gasteiger partial charge in [-0.25, -0.2) is 0 Å². The molecule has 2 aliphatic rings. The third kappa shape index (κ3) is 2.62. The lowest BCUT2D eigenvalue weighted by molar-refractivity contribution is 0.0854. The monoisotopic (exact) mass is 266 g/mol. The summed E-state index contributed by atoms with van der Waals surface area (Å²) < 4.78 is 10.5. The van der Waals surface area contributed by atoms with Gasteiger partial charge in [-0.2, -0.15) is 4.98 Å². The van der Waals surface area contributed by atoms with Gasteiger partial charge < -0.3 is 19.9 Å². The molecule has 2 aliphatic heterocycles. The summed E-state index contributed by atoms with van der Waals surface area (Å²) in [5, 5.41) is 9.89. The molecule has 3 heterocycles. The molecule has 0 aromatic carbocycles. The van der Waals surface area contributed by atoms with E-state index in [1.54, 1.807) is 0 Å². The number of carbonyl (C=O) groups is 1. The molecule has 0 bridgehead atoms. The van der Waals surface area contributed by atoms with Crippen LogP contribution in [0, 0.1) is 0 Å². The highest BCUT2D eigenvalue weighted by molar-refractivity contribution is 5.90. The molecule has 7 nitrogen and oxygen atoms in total. The standard InChI is InChI=1S/C12H18N4O3/c1-7-8(4-6-18-7)14-11(17)10-15-12(19-16-10)9-3-2-5-13-9/h7-9,13H,2-6H2,1H3,(H,14,17). The predicted molar refractivity (Wildman–Crippen MR) is 65.6 cm³/mol. The summed E-state index contributed by atoms with van der Waals surface area (Å²) in [6.45, 7) is 3.57. The van der Waals surface area contributed by atoms with Crippen molar-refractivity contribution in [3.8, 4) is 0 Å². The van der Waals surface area contributed by atoms with Crippen molar-refractivity contribution in [3.63, 3.8) is 0 Å². The second-order valence-electron chi connectivity index (χ2n) is 5.05. The summed E-state index contributed by atoms with van der Waals surface area (Å²) in [5.74, 6) is 0.302. The summed E-state index contributed by atoms with van der Waals surface area (Å²) >= 11 is 0. The van der Waals surface area contributed by atoms with E-state index >= 15 is 0 Å². The van der Waals surface area contributed by atoms with Crippen LogP contribution in [0.25, 0.3) is 0 Å². The number of nitrogens with one attached hydrogen (secondary N) is 2. The van der Waals surface area contributed by atoms with Gasteiger partial charge >= 0.3 is 0 Å². The van der Waals surface area contributed by atoms with Crippen LogP contribution >= 0.6 is 0 Å². The first-order valence-corrected chi connectivity index (χ1v) is 6.73. The highest BCUT2D eigenvalue weighted by Crippen LogP contribution is 2.21. The first-order valence-electron chi connectivity index (χ1n) is 6.73. The van der Waals surface area contributed by atoms with Crippen molar-refractivity contribution >= 4 is 5.91 Å². The fraction of sp³-hybridized carbons (Fsp3) is 0.750. The summed E-state index contributed by atoms with van der Waals surface area (Å²) in [4.78, 5) is 16.2. The lowest BCUT2D eigenvalue weighted by Gasteiger charge is -2.14. The molecule has 19 heavy (non-hydrogen) atoms. The normalized spacial score (nSPS) is 30.7. The molecule has 3 unspecified atom stereocenters. The van der Waals surface area contributed by atoms with Gasteiger partial charge in [-0.3, -0.25) is 4.79 Å². The van der Waals surface area contributed by atoms with Gasteiger partial charge in [0.15, 0.2) is 0 Å². The third-order valence-electron chi connectivity index (χ3n) is 3.70. The van der Waals surface area contributed by atoms with Crippen LogP contribution < -0.4 is 10.6 Å². The van der Waals surface area contributed by atoms with Crippen molar-refractivity contribution in [2.24, 2.45) is 0 Å². The van der Waals surface area contributed by atoms with Crippen molar-refractivity contribution in [3.05, 3.63) is 11.7 Å². The van der Waals surface area contributed by atoms with E-state index in [9.17, 15) is 4.79 Å². The molecular weight excluding hydrogens is 248 g/mol. The van der Waals surface area contributed by atoms with Crippen LogP contribution in [0.1, 0.15) is 48.7 Å².